The molecule has 4 saturated carbocycles. The lowest BCUT2D eigenvalue weighted by atomic mass is 9.49. The van der Waals surface area contributed by atoms with Gasteiger partial charge in [0.15, 0.2) is 5.82 Å². The molecular formula is C24H32N6O. The zero-order valence-corrected chi connectivity index (χ0v) is 18.4. The number of piperazine rings is 1. The molecule has 31 heavy (non-hydrogen) atoms. The van der Waals surface area contributed by atoms with Crippen LogP contribution in [0, 0.1) is 30.1 Å². The molecule has 0 atom stereocenters. The summed E-state index contributed by atoms with van der Waals surface area (Å²) in [4.78, 5) is 26.4. The second kappa shape index (κ2) is 7.31. The number of hydrogen-bond donors (Lipinski definition) is 0. The fourth-order valence-electron chi connectivity index (χ4n) is 7.30. The van der Waals surface area contributed by atoms with Crippen molar-refractivity contribution < 1.29 is 4.79 Å². The summed E-state index contributed by atoms with van der Waals surface area (Å²) in [5.74, 6) is 4.78. The highest BCUT2D eigenvalue weighted by Gasteiger charge is 2.51. The monoisotopic (exact) mass is 420 g/mol. The maximum Gasteiger partial charge on any atom is 0.223 e. The van der Waals surface area contributed by atoms with Crippen LogP contribution < -0.4 is 4.90 Å². The Morgan fingerprint density at radius 1 is 1.00 bits per heavy atom. The van der Waals surface area contributed by atoms with Crippen LogP contribution in [0.15, 0.2) is 24.7 Å². The van der Waals surface area contributed by atoms with Crippen LogP contribution in [0.3, 0.4) is 0 Å². The van der Waals surface area contributed by atoms with Gasteiger partial charge in [-0.2, -0.15) is 5.10 Å². The third kappa shape index (κ3) is 3.62. The van der Waals surface area contributed by atoms with Crippen LogP contribution in [0.2, 0.25) is 0 Å². The maximum absolute atomic E-state index is 13.2. The van der Waals surface area contributed by atoms with Gasteiger partial charge in [0.25, 0.3) is 0 Å². The molecule has 3 heterocycles. The normalized spacial score (nSPS) is 32.0. The molecule has 7 rings (SSSR count). The van der Waals surface area contributed by atoms with E-state index < -0.39 is 0 Å². The Morgan fingerprint density at radius 3 is 2.26 bits per heavy atom. The van der Waals surface area contributed by atoms with Crippen molar-refractivity contribution in [1.29, 1.82) is 0 Å². The first-order chi connectivity index (χ1) is 15.1. The van der Waals surface area contributed by atoms with E-state index in [1.165, 1.54) is 38.5 Å². The van der Waals surface area contributed by atoms with Crippen molar-refractivity contribution in [2.24, 2.45) is 23.2 Å². The number of aromatic nitrogens is 4. The molecule has 5 aliphatic rings. The summed E-state index contributed by atoms with van der Waals surface area (Å²) in [6.07, 6.45) is 12.5. The highest BCUT2D eigenvalue weighted by Crippen LogP contribution is 2.61. The lowest BCUT2D eigenvalue weighted by Crippen LogP contribution is -2.52. The Labute approximate surface area is 183 Å². The molecule has 164 valence electrons. The third-order valence-corrected chi connectivity index (χ3v) is 8.24. The molecule has 4 aliphatic carbocycles. The molecule has 2 aromatic rings. The van der Waals surface area contributed by atoms with Crippen molar-refractivity contribution in [3.05, 3.63) is 30.4 Å². The van der Waals surface area contributed by atoms with E-state index in [2.05, 4.69) is 24.9 Å². The molecule has 0 aromatic carbocycles. The second-order valence-corrected chi connectivity index (χ2v) is 10.6. The summed E-state index contributed by atoms with van der Waals surface area (Å²) in [5, 5.41) is 4.45. The lowest BCUT2D eigenvalue weighted by Gasteiger charge is -2.57. The van der Waals surface area contributed by atoms with E-state index in [4.69, 9.17) is 0 Å². The Hall–Kier alpha value is -2.44. The SMILES string of the molecule is Cc1ccn(-c2cc(N3CCN(C(=O)CC45CC6CC(CC(C6)C4)C5)CC3)ncn2)n1. The molecule has 7 nitrogen and oxygen atoms in total. The van der Waals surface area contributed by atoms with Gasteiger partial charge in [-0.25, -0.2) is 14.6 Å². The van der Waals surface area contributed by atoms with Crippen LogP contribution >= 0.6 is 0 Å². The van der Waals surface area contributed by atoms with Crippen molar-refractivity contribution >= 4 is 11.7 Å². The van der Waals surface area contributed by atoms with Gasteiger partial charge in [0, 0.05) is 44.9 Å². The highest BCUT2D eigenvalue weighted by atomic mass is 16.2. The largest absolute Gasteiger partial charge is 0.353 e. The van der Waals surface area contributed by atoms with E-state index in [0.717, 1.165) is 67.7 Å². The van der Waals surface area contributed by atoms with E-state index in [1.54, 1.807) is 11.0 Å². The predicted octanol–water partition coefficient (Wildman–Crippen LogP) is 3.23. The van der Waals surface area contributed by atoms with E-state index in [1.807, 2.05) is 25.3 Å². The smallest absolute Gasteiger partial charge is 0.223 e. The predicted molar refractivity (Wildman–Crippen MR) is 118 cm³/mol. The van der Waals surface area contributed by atoms with Gasteiger partial charge in [-0.1, -0.05) is 0 Å². The molecule has 5 fully saturated rings. The minimum absolute atomic E-state index is 0.326. The summed E-state index contributed by atoms with van der Waals surface area (Å²) in [7, 11) is 0. The number of rotatable bonds is 4. The molecule has 0 radical (unpaired) electrons. The summed E-state index contributed by atoms with van der Waals surface area (Å²) in [5.41, 5.74) is 1.29. The molecule has 0 spiro atoms. The molecule has 7 heteroatoms. The van der Waals surface area contributed by atoms with Crippen molar-refractivity contribution in [2.45, 2.75) is 51.9 Å². The Bertz CT molecular complexity index is 941. The van der Waals surface area contributed by atoms with Crippen molar-refractivity contribution in [3.63, 3.8) is 0 Å². The first-order valence-electron chi connectivity index (χ1n) is 11.9. The number of carbonyl (C=O) groups is 1. The minimum atomic E-state index is 0.326. The fourth-order valence-corrected chi connectivity index (χ4v) is 7.30. The van der Waals surface area contributed by atoms with Crippen LogP contribution in [-0.2, 0) is 4.79 Å². The van der Waals surface area contributed by atoms with E-state index in [9.17, 15) is 4.79 Å². The summed E-state index contributed by atoms with van der Waals surface area (Å²) < 4.78 is 1.78. The van der Waals surface area contributed by atoms with E-state index in [0.29, 0.717) is 11.3 Å². The number of aryl methyl sites for hydroxylation is 1. The second-order valence-electron chi connectivity index (χ2n) is 10.6. The Morgan fingerprint density at radius 2 is 1.65 bits per heavy atom. The summed E-state index contributed by atoms with van der Waals surface area (Å²) in [6.45, 7) is 5.18. The van der Waals surface area contributed by atoms with Crippen LogP contribution in [0.25, 0.3) is 5.82 Å². The number of nitrogens with zero attached hydrogens (tertiary/aromatic N) is 6. The molecule has 1 amide bonds. The van der Waals surface area contributed by atoms with Gasteiger partial charge in [0.05, 0.1) is 5.69 Å². The van der Waals surface area contributed by atoms with Gasteiger partial charge in [0.1, 0.15) is 12.1 Å². The van der Waals surface area contributed by atoms with Crippen LogP contribution in [0.4, 0.5) is 5.82 Å². The van der Waals surface area contributed by atoms with E-state index >= 15 is 0 Å². The number of amides is 1. The van der Waals surface area contributed by atoms with Crippen molar-refractivity contribution in [1.82, 2.24) is 24.6 Å². The molecular weight excluding hydrogens is 388 g/mol. The van der Waals surface area contributed by atoms with Crippen LogP contribution in [0.1, 0.15) is 50.6 Å². The zero-order chi connectivity index (χ0) is 21.0. The topological polar surface area (TPSA) is 67.2 Å². The standard InChI is InChI=1S/C24H32N6O/c1-17-2-3-30(27-17)22-11-21(25-16-26-22)28-4-6-29(7-5-28)23(31)15-24-12-18-8-19(13-24)10-20(9-18)14-24/h2-3,11,16,18-20H,4-10,12-15H2,1H3. The first kappa shape index (κ1) is 19.3. The third-order valence-electron chi connectivity index (χ3n) is 8.24. The van der Waals surface area contributed by atoms with Crippen molar-refractivity contribution in [2.75, 3.05) is 31.1 Å². The maximum atomic E-state index is 13.2. The summed E-state index contributed by atoms with van der Waals surface area (Å²) in [6, 6.07) is 3.95. The average Bonchev–Trinajstić information content (AvgIpc) is 3.19. The Balaban J connectivity index is 1.09. The molecule has 0 unspecified atom stereocenters. The lowest BCUT2D eigenvalue weighted by molar-refractivity contribution is -0.139. The van der Waals surface area contributed by atoms with Crippen LogP contribution in [0.5, 0.6) is 0 Å². The number of hydrogen-bond acceptors (Lipinski definition) is 5. The molecule has 1 saturated heterocycles. The number of anilines is 1. The minimum Gasteiger partial charge on any atom is -0.353 e. The first-order valence-corrected chi connectivity index (χ1v) is 11.9. The Kier molecular flexibility index (Phi) is 4.54. The zero-order valence-electron chi connectivity index (χ0n) is 18.4. The number of carbonyl (C=O) groups excluding carboxylic acids is 1. The fraction of sp³-hybridized carbons (Fsp3) is 0.667. The van der Waals surface area contributed by atoms with E-state index in [-0.39, 0.29) is 0 Å². The van der Waals surface area contributed by atoms with Crippen LogP contribution in [-0.4, -0.2) is 56.7 Å². The van der Waals surface area contributed by atoms with Gasteiger partial charge in [0.2, 0.25) is 5.91 Å². The molecule has 4 bridgehead atoms. The van der Waals surface area contributed by atoms with Gasteiger partial charge in [-0.15, -0.1) is 0 Å². The van der Waals surface area contributed by atoms with Gasteiger partial charge in [-0.3, -0.25) is 4.79 Å². The highest BCUT2D eigenvalue weighted by molar-refractivity contribution is 5.77. The molecule has 0 N–H and O–H groups in total. The molecule has 1 aliphatic heterocycles. The average molecular weight is 421 g/mol. The van der Waals surface area contributed by atoms with Gasteiger partial charge >= 0.3 is 0 Å². The van der Waals surface area contributed by atoms with Gasteiger partial charge in [-0.05, 0) is 74.7 Å². The summed E-state index contributed by atoms with van der Waals surface area (Å²) >= 11 is 0. The van der Waals surface area contributed by atoms with Crippen molar-refractivity contribution in [3.8, 4) is 5.82 Å². The molecule has 2 aromatic heterocycles. The van der Waals surface area contributed by atoms with Gasteiger partial charge < -0.3 is 9.80 Å². The quantitative estimate of drug-likeness (QED) is 0.760.